The summed E-state index contributed by atoms with van der Waals surface area (Å²) < 4.78 is 1.59. The Morgan fingerprint density at radius 1 is 1.63 bits per heavy atom. The molecule has 2 N–H and O–H groups in total. The normalized spacial score (nSPS) is 14.0. The number of nitrogens with zero attached hydrogens (tertiary/aromatic N) is 3. The van der Waals surface area contributed by atoms with Crippen LogP contribution in [0.4, 0.5) is 0 Å². The molecule has 6 nitrogen and oxygen atoms in total. The van der Waals surface area contributed by atoms with Gasteiger partial charge < -0.3 is 10.4 Å². The zero-order chi connectivity index (χ0) is 13.7. The molecule has 102 valence electrons. The molecule has 1 amide bonds. The minimum atomic E-state index is -1.04. The van der Waals surface area contributed by atoms with Crippen LogP contribution in [0, 0.1) is 0 Å². The summed E-state index contributed by atoms with van der Waals surface area (Å²) in [7, 11) is 0. The average Bonchev–Trinajstić information content (AvgIpc) is 3.06. The second-order valence-electron chi connectivity index (χ2n) is 4.47. The number of carbonyl (C=O) groups excluding carboxylic acids is 1. The fourth-order valence-electron chi connectivity index (χ4n) is 1.60. The number of rotatable bonds is 6. The van der Waals surface area contributed by atoms with Crippen LogP contribution in [0.25, 0.3) is 0 Å². The summed E-state index contributed by atoms with van der Waals surface area (Å²) in [4.78, 5) is 15.5. The Morgan fingerprint density at radius 2 is 2.47 bits per heavy atom. The van der Waals surface area contributed by atoms with Crippen LogP contribution in [0.15, 0.2) is 29.5 Å². The van der Waals surface area contributed by atoms with Gasteiger partial charge in [-0.3, -0.25) is 9.48 Å². The lowest BCUT2D eigenvalue weighted by Gasteiger charge is -2.22. The molecule has 0 bridgehead atoms. The Bertz CT molecular complexity index is 508. The van der Waals surface area contributed by atoms with Gasteiger partial charge in [0.25, 0.3) is 0 Å². The van der Waals surface area contributed by atoms with Crippen molar-refractivity contribution in [3.05, 3.63) is 35.0 Å². The minimum Gasteiger partial charge on any atom is -0.384 e. The summed E-state index contributed by atoms with van der Waals surface area (Å²) >= 11 is 1.52. The van der Waals surface area contributed by atoms with Crippen molar-refractivity contribution in [1.29, 1.82) is 0 Å². The highest BCUT2D eigenvalue weighted by Gasteiger charge is 2.23. The molecule has 2 aromatic rings. The second-order valence-corrected chi connectivity index (χ2v) is 5.25. The van der Waals surface area contributed by atoms with Gasteiger partial charge in [0.1, 0.15) is 18.3 Å². The van der Waals surface area contributed by atoms with Crippen molar-refractivity contribution in [2.75, 3.05) is 6.54 Å². The number of thiophene rings is 1. The van der Waals surface area contributed by atoms with Crippen LogP contribution in [-0.4, -0.2) is 32.3 Å². The van der Waals surface area contributed by atoms with Crippen LogP contribution in [0.5, 0.6) is 0 Å². The second kappa shape index (κ2) is 5.94. The maximum absolute atomic E-state index is 11.7. The largest absolute Gasteiger partial charge is 0.384 e. The molecule has 0 aliphatic heterocycles. The van der Waals surface area contributed by atoms with E-state index in [0.717, 1.165) is 5.56 Å². The van der Waals surface area contributed by atoms with Crippen LogP contribution in [-0.2, 0) is 16.9 Å². The van der Waals surface area contributed by atoms with Gasteiger partial charge in [-0.15, -0.1) is 0 Å². The number of hydrogen-bond acceptors (Lipinski definition) is 5. The quantitative estimate of drug-likeness (QED) is 0.818. The zero-order valence-corrected chi connectivity index (χ0v) is 11.4. The maximum atomic E-state index is 11.7. The zero-order valence-electron chi connectivity index (χ0n) is 10.6. The van der Waals surface area contributed by atoms with Crippen LogP contribution in [0.3, 0.4) is 0 Å². The molecule has 19 heavy (non-hydrogen) atoms. The third-order valence-corrected chi connectivity index (χ3v) is 3.49. The summed E-state index contributed by atoms with van der Waals surface area (Å²) in [5.74, 6) is -0.119. The topological polar surface area (TPSA) is 80.0 Å². The summed E-state index contributed by atoms with van der Waals surface area (Å²) in [6.07, 6.45) is 3.30. The first-order valence-corrected chi connectivity index (χ1v) is 6.86. The van der Waals surface area contributed by atoms with E-state index in [1.165, 1.54) is 17.7 Å². The Balaban J connectivity index is 1.77. The van der Waals surface area contributed by atoms with E-state index in [2.05, 4.69) is 15.4 Å². The van der Waals surface area contributed by atoms with E-state index in [1.807, 2.05) is 16.8 Å². The van der Waals surface area contributed by atoms with Crippen LogP contribution >= 0.6 is 11.3 Å². The SMILES string of the molecule is CC(O)(CNC(=O)CCn1cncn1)c1ccsc1. The lowest BCUT2D eigenvalue weighted by atomic mass is 9.99. The monoisotopic (exact) mass is 280 g/mol. The third kappa shape index (κ3) is 3.87. The molecule has 0 spiro atoms. The van der Waals surface area contributed by atoms with Crippen molar-refractivity contribution in [3.8, 4) is 0 Å². The van der Waals surface area contributed by atoms with Crippen molar-refractivity contribution >= 4 is 17.2 Å². The first-order chi connectivity index (χ1) is 9.08. The smallest absolute Gasteiger partial charge is 0.221 e. The molecule has 2 heterocycles. The highest BCUT2D eigenvalue weighted by molar-refractivity contribution is 7.08. The summed E-state index contributed by atoms with van der Waals surface area (Å²) in [6, 6.07) is 1.85. The number of aliphatic hydroxyl groups is 1. The van der Waals surface area contributed by atoms with Crippen molar-refractivity contribution in [2.45, 2.75) is 25.5 Å². The lowest BCUT2D eigenvalue weighted by molar-refractivity contribution is -0.122. The van der Waals surface area contributed by atoms with Crippen LogP contribution in [0.1, 0.15) is 18.9 Å². The summed E-state index contributed by atoms with van der Waals surface area (Å²) in [5.41, 5.74) is -0.225. The van der Waals surface area contributed by atoms with E-state index in [0.29, 0.717) is 13.0 Å². The molecule has 0 aliphatic carbocycles. The first kappa shape index (κ1) is 13.7. The van der Waals surface area contributed by atoms with Gasteiger partial charge in [0, 0.05) is 6.42 Å². The molecule has 0 fully saturated rings. The summed E-state index contributed by atoms with van der Waals surface area (Å²) in [6.45, 7) is 2.36. The van der Waals surface area contributed by atoms with E-state index < -0.39 is 5.60 Å². The van der Waals surface area contributed by atoms with Gasteiger partial charge in [0.2, 0.25) is 5.91 Å². The van der Waals surface area contributed by atoms with Gasteiger partial charge in [-0.05, 0) is 29.3 Å². The fourth-order valence-corrected chi connectivity index (χ4v) is 2.38. The summed E-state index contributed by atoms with van der Waals surface area (Å²) in [5, 5.41) is 20.7. The van der Waals surface area contributed by atoms with Gasteiger partial charge in [-0.25, -0.2) is 4.98 Å². The Hall–Kier alpha value is -1.73. The predicted octanol–water partition coefficient (Wildman–Crippen LogP) is 0.754. The molecule has 7 heteroatoms. The number of hydrogen-bond donors (Lipinski definition) is 2. The van der Waals surface area contributed by atoms with Gasteiger partial charge in [-0.2, -0.15) is 16.4 Å². The molecule has 0 saturated carbocycles. The molecule has 0 saturated heterocycles. The third-order valence-electron chi connectivity index (χ3n) is 2.81. The van der Waals surface area contributed by atoms with E-state index in [4.69, 9.17) is 0 Å². The molecule has 1 unspecified atom stereocenters. The molecule has 0 aromatic carbocycles. The van der Waals surface area contributed by atoms with Crippen molar-refractivity contribution in [2.24, 2.45) is 0 Å². The Labute approximate surface area is 115 Å². The molecule has 2 rings (SSSR count). The highest BCUT2D eigenvalue weighted by Crippen LogP contribution is 2.21. The van der Waals surface area contributed by atoms with Gasteiger partial charge in [0.05, 0.1) is 13.1 Å². The highest BCUT2D eigenvalue weighted by atomic mass is 32.1. The van der Waals surface area contributed by atoms with Gasteiger partial charge >= 0.3 is 0 Å². The van der Waals surface area contributed by atoms with E-state index >= 15 is 0 Å². The van der Waals surface area contributed by atoms with Gasteiger partial charge in [-0.1, -0.05) is 0 Å². The standard InChI is InChI=1S/C12H16N4O2S/c1-12(18,10-3-5-19-6-10)7-14-11(17)2-4-16-9-13-8-15-16/h3,5-6,8-9,18H,2,4,7H2,1H3,(H,14,17). The average molecular weight is 280 g/mol. The molecule has 0 radical (unpaired) electrons. The van der Waals surface area contributed by atoms with Gasteiger partial charge in [0.15, 0.2) is 0 Å². The molecular weight excluding hydrogens is 264 g/mol. The molecule has 0 aliphatic rings. The van der Waals surface area contributed by atoms with E-state index in [1.54, 1.807) is 17.9 Å². The van der Waals surface area contributed by atoms with E-state index in [-0.39, 0.29) is 12.5 Å². The number of aryl methyl sites for hydroxylation is 1. The maximum Gasteiger partial charge on any atom is 0.221 e. The number of amides is 1. The molecule has 1 atom stereocenters. The Kier molecular flexibility index (Phi) is 4.28. The van der Waals surface area contributed by atoms with Crippen molar-refractivity contribution < 1.29 is 9.90 Å². The van der Waals surface area contributed by atoms with E-state index in [9.17, 15) is 9.90 Å². The lowest BCUT2D eigenvalue weighted by Crippen LogP contribution is -2.38. The van der Waals surface area contributed by atoms with Crippen LogP contribution in [0.2, 0.25) is 0 Å². The van der Waals surface area contributed by atoms with Crippen molar-refractivity contribution in [3.63, 3.8) is 0 Å². The predicted molar refractivity (Wildman–Crippen MR) is 71.5 cm³/mol. The number of aromatic nitrogens is 3. The minimum absolute atomic E-state index is 0.119. The van der Waals surface area contributed by atoms with Crippen molar-refractivity contribution in [1.82, 2.24) is 20.1 Å². The van der Waals surface area contributed by atoms with Crippen LogP contribution < -0.4 is 5.32 Å². The first-order valence-electron chi connectivity index (χ1n) is 5.92. The fraction of sp³-hybridized carbons (Fsp3) is 0.417. The Morgan fingerprint density at radius 3 is 3.11 bits per heavy atom. The molecule has 2 aromatic heterocycles. The molecular formula is C12H16N4O2S. The number of carbonyl (C=O) groups is 1. The number of nitrogens with one attached hydrogen (secondary N) is 1.